The van der Waals surface area contributed by atoms with Crippen LogP contribution < -0.4 is 5.73 Å². The number of halogens is 1. The molecule has 1 atom stereocenters. The maximum absolute atomic E-state index is 6.00. The average Bonchev–Trinajstić information content (AvgIpc) is 2.39. The zero-order chi connectivity index (χ0) is 14.5. The van der Waals surface area contributed by atoms with Gasteiger partial charge < -0.3 is 15.2 Å². The summed E-state index contributed by atoms with van der Waals surface area (Å²) in [5.41, 5.74) is 6.63. The van der Waals surface area contributed by atoms with E-state index < -0.39 is 5.54 Å². The zero-order valence-corrected chi connectivity index (χ0v) is 12.8. The summed E-state index contributed by atoms with van der Waals surface area (Å²) in [6.07, 6.45) is -0.387. The van der Waals surface area contributed by atoms with E-state index in [4.69, 9.17) is 26.8 Å². The van der Waals surface area contributed by atoms with Crippen LogP contribution in [0.15, 0.2) is 24.3 Å². The molecule has 19 heavy (non-hydrogen) atoms. The third-order valence-electron chi connectivity index (χ3n) is 3.53. The van der Waals surface area contributed by atoms with Gasteiger partial charge in [0, 0.05) is 32.3 Å². The fourth-order valence-corrected chi connectivity index (χ4v) is 2.34. The van der Waals surface area contributed by atoms with E-state index in [0.29, 0.717) is 6.54 Å². The molecule has 0 bridgehead atoms. The van der Waals surface area contributed by atoms with Gasteiger partial charge in [-0.2, -0.15) is 0 Å². The second kappa shape index (κ2) is 7.22. The highest BCUT2D eigenvalue weighted by Crippen LogP contribution is 2.23. The summed E-state index contributed by atoms with van der Waals surface area (Å²) in [6.45, 7) is 3.17. The Kier molecular flexibility index (Phi) is 6.23. The largest absolute Gasteiger partial charge is 0.354 e. The number of hydrogen-bond donors (Lipinski definition) is 1. The highest BCUT2D eigenvalue weighted by atomic mass is 35.5. The second-order valence-electron chi connectivity index (χ2n) is 4.85. The summed E-state index contributed by atoms with van der Waals surface area (Å²) in [4.78, 5) is 2.12. The first kappa shape index (κ1) is 16.4. The van der Waals surface area contributed by atoms with Crippen molar-refractivity contribution >= 4 is 11.6 Å². The highest BCUT2D eigenvalue weighted by Gasteiger charge is 2.37. The van der Waals surface area contributed by atoms with E-state index in [1.165, 1.54) is 0 Å². The number of rotatable bonds is 7. The van der Waals surface area contributed by atoms with Gasteiger partial charge in [0.05, 0.1) is 5.54 Å². The van der Waals surface area contributed by atoms with Crippen molar-refractivity contribution in [3.05, 3.63) is 34.9 Å². The Bertz CT molecular complexity index is 399. The molecule has 0 aromatic heterocycles. The summed E-state index contributed by atoms with van der Waals surface area (Å²) in [6, 6.07) is 7.78. The number of likely N-dealkylation sites (N-methyl/N-ethyl adjacent to an activating group) is 1. The number of benzene rings is 1. The molecule has 0 aliphatic rings. The smallest absolute Gasteiger partial charge is 0.176 e. The minimum Gasteiger partial charge on any atom is -0.354 e. The van der Waals surface area contributed by atoms with Gasteiger partial charge in [0.15, 0.2) is 6.29 Å². The molecular weight excluding hydrogens is 264 g/mol. The monoisotopic (exact) mass is 286 g/mol. The molecule has 0 aliphatic carbocycles. The van der Waals surface area contributed by atoms with E-state index in [9.17, 15) is 0 Å². The first-order valence-corrected chi connectivity index (χ1v) is 6.57. The molecule has 108 valence electrons. The summed E-state index contributed by atoms with van der Waals surface area (Å²) >= 11 is 6.00. The quantitative estimate of drug-likeness (QED) is 0.780. The topological polar surface area (TPSA) is 47.7 Å². The third-order valence-corrected chi connectivity index (χ3v) is 3.77. The Morgan fingerprint density at radius 2 is 2.00 bits per heavy atom. The first-order chi connectivity index (χ1) is 8.97. The van der Waals surface area contributed by atoms with Crippen LogP contribution in [0.5, 0.6) is 0 Å². The van der Waals surface area contributed by atoms with Gasteiger partial charge in [0.1, 0.15) is 0 Å². The van der Waals surface area contributed by atoms with Crippen LogP contribution in [0, 0.1) is 0 Å². The van der Waals surface area contributed by atoms with E-state index in [1.807, 2.05) is 38.2 Å². The molecule has 0 aliphatic heterocycles. The van der Waals surface area contributed by atoms with Crippen LogP contribution in [0.3, 0.4) is 0 Å². The van der Waals surface area contributed by atoms with Crippen LogP contribution in [0.2, 0.25) is 5.02 Å². The molecule has 0 spiro atoms. The number of methoxy groups -OCH3 is 2. The number of hydrogen-bond acceptors (Lipinski definition) is 4. The minimum absolute atomic E-state index is 0.387. The molecule has 0 radical (unpaired) electrons. The van der Waals surface area contributed by atoms with E-state index in [0.717, 1.165) is 17.1 Å². The molecule has 1 unspecified atom stereocenters. The lowest BCUT2D eigenvalue weighted by Crippen LogP contribution is -2.58. The van der Waals surface area contributed by atoms with Gasteiger partial charge in [-0.25, -0.2) is 0 Å². The number of nitrogens with two attached hydrogens (primary N) is 1. The van der Waals surface area contributed by atoms with Crippen molar-refractivity contribution in [2.75, 3.05) is 27.8 Å². The minimum atomic E-state index is -0.411. The van der Waals surface area contributed by atoms with Crippen LogP contribution in [-0.2, 0) is 16.0 Å². The fourth-order valence-electron chi connectivity index (χ4n) is 2.13. The summed E-state index contributed by atoms with van der Waals surface area (Å²) in [5, 5.41) is 0.732. The Hall–Kier alpha value is -0.650. The van der Waals surface area contributed by atoms with Crippen LogP contribution in [-0.4, -0.2) is 44.5 Å². The average molecular weight is 287 g/mol. The molecule has 0 saturated carbocycles. The van der Waals surface area contributed by atoms with Crippen LogP contribution in [0.4, 0.5) is 0 Å². The molecular formula is C14H23ClN2O2. The van der Waals surface area contributed by atoms with Gasteiger partial charge in [0.25, 0.3) is 0 Å². The lowest BCUT2D eigenvalue weighted by atomic mass is 9.98. The maximum Gasteiger partial charge on any atom is 0.176 e. The van der Waals surface area contributed by atoms with Crippen molar-refractivity contribution in [3.8, 4) is 0 Å². The molecule has 4 nitrogen and oxygen atoms in total. The highest BCUT2D eigenvalue weighted by molar-refractivity contribution is 6.30. The van der Waals surface area contributed by atoms with Crippen LogP contribution >= 0.6 is 11.6 Å². The third kappa shape index (κ3) is 3.91. The predicted molar refractivity (Wildman–Crippen MR) is 78.2 cm³/mol. The van der Waals surface area contributed by atoms with Crippen molar-refractivity contribution in [1.82, 2.24) is 4.90 Å². The maximum atomic E-state index is 6.00. The second-order valence-corrected chi connectivity index (χ2v) is 5.29. The van der Waals surface area contributed by atoms with E-state index >= 15 is 0 Å². The first-order valence-electron chi connectivity index (χ1n) is 6.19. The summed E-state index contributed by atoms with van der Waals surface area (Å²) in [5.74, 6) is 0. The van der Waals surface area contributed by atoms with Gasteiger partial charge in [-0.1, -0.05) is 23.7 Å². The number of nitrogens with zero attached hydrogens (tertiary/aromatic N) is 1. The lowest BCUT2D eigenvalue weighted by molar-refractivity contribution is -0.178. The molecule has 5 heteroatoms. The van der Waals surface area contributed by atoms with Crippen molar-refractivity contribution < 1.29 is 9.47 Å². The Morgan fingerprint density at radius 1 is 1.37 bits per heavy atom. The van der Waals surface area contributed by atoms with E-state index in [2.05, 4.69) is 4.90 Å². The van der Waals surface area contributed by atoms with Crippen LogP contribution in [0.25, 0.3) is 0 Å². The van der Waals surface area contributed by atoms with Gasteiger partial charge in [-0.05, 0) is 31.7 Å². The lowest BCUT2D eigenvalue weighted by Gasteiger charge is -2.42. The van der Waals surface area contributed by atoms with Crippen LogP contribution in [0.1, 0.15) is 12.5 Å². The molecule has 0 amide bonds. The molecule has 0 heterocycles. The van der Waals surface area contributed by atoms with Crippen molar-refractivity contribution in [2.45, 2.75) is 25.3 Å². The predicted octanol–water partition coefficient (Wildman–Crippen LogP) is 2.11. The van der Waals surface area contributed by atoms with E-state index in [1.54, 1.807) is 14.2 Å². The molecule has 0 fully saturated rings. The van der Waals surface area contributed by atoms with Gasteiger partial charge in [-0.15, -0.1) is 0 Å². The SMILES string of the molecule is COC(OC)C(C)(CN)N(C)Cc1cccc(Cl)c1. The Labute approximate surface area is 120 Å². The van der Waals surface area contributed by atoms with Crippen molar-refractivity contribution in [3.63, 3.8) is 0 Å². The summed E-state index contributed by atoms with van der Waals surface area (Å²) < 4.78 is 10.7. The van der Waals surface area contributed by atoms with Gasteiger partial charge >= 0.3 is 0 Å². The summed E-state index contributed by atoms with van der Waals surface area (Å²) in [7, 11) is 5.24. The molecule has 0 saturated heterocycles. The Morgan fingerprint density at radius 3 is 2.47 bits per heavy atom. The zero-order valence-electron chi connectivity index (χ0n) is 12.0. The Balaban J connectivity index is 2.87. The molecule has 1 aromatic rings. The molecule has 2 N–H and O–H groups in total. The van der Waals surface area contributed by atoms with E-state index in [-0.39, 0.29) is 6.29 Å². The standard InChI is InChI=1S/C14H23ClN2O2/c1-14(10-16,13(18-3)19-4)17(2)9-11-6-5-7-12(15)8-11/h5-8,13H,9-10,16H2,1-4H3. The molecule has 1 rings (SSSR count). The fraction of sp³-hybridized carbons (Fsp3) is 0.571. The van der Waals surface area contributed by atoms with Crippen molar-refractivity contribution in [1.29, 1.82) is 0 Å². The number of ether oxygens (including phenoxy) is 2. The van der Waals surface area contributed by atoms with Gasteiger partial charge in [0.2, 0.25) is 0 Å². The molecule has 1 aromatic carbocycles. The normalized spacial score (nSPS) is 14.9. The van der Waals surface area contributed by atoms with Crippen molar-refractivity contribution in [2.24, 2.45) is 5.73 Å². The van der Waals surface area contributed by atoms with Gasteiger partial charge in [-0.3, -0.25) is 4.90 Å².